The van der Waals surface area contributed by atoms with Gasteiger partial charge in [-0.1, -0.05) is 17.7 Å². The molecule has 1 fully saturated rings. The van der Waals surface area contributed by atoms with Gasteiger partial charge in [-0.3, -0.25) is 9.59 Å². The summed E-state index contributed by atoms with van der Waals surface area (Å²) in [5.74, 6) is -1.72. The molecule has 1 heterocycles. The van der Waals surface area contributed by atoms with Crippen molar-refractivity contribution in [2.45, 2.75) is 19.4 Å². The van der Waals surface area contributed by atoms with E-state index in [0.29, 0.717) is 22.7 Å². The van der Waals surface area contributed by atoms with E-state index in [9.17, 15) is 18.0 Å². The average molecular weight is 389 g/mol. The molecule has 1 unspecified atom stereocenters. The minimum atomic E-state index is -3.18. The van der Waals surface area contributed by atoms with Crippen LogP contribution in [0.25, 0.3) is 0 Å². The van der Waals surface area contributed by atoms with Gasteiger partial charge in [0.25, 0.3) is 0 Å². The van der Waals surface area contributed by atoms with Crippen molar-refractivity contribution in [3.8, 4) is 0 Å². The van der Waals surface area contributed by atoms with E-state index in [4.69, 9.17) is 16.3 Å². The molecule has 1 atom stereocenters. The third-order valence-electron chi connectivity index (χ3n) is 4.16. The van der Waals surface area contributed by atoms with Crippen molar-refractivity contribution in [1.29, 1.82) is 0 Å². The highest BCUT2D eigenvalue weighted by Gasteiger charge is 2.36. The van der Waals surface area contributed by atoms with Crippen LogP contribution in [0.1, 0.15) is 12.0 Å². The molecule has 1 N–H and O–H groups in total. The normalized spacial score (nSPS) is 18.8. The fourth-order valence-corrected chi connectivity index (χ4v) is 4.62. The molecule has 0 aromatic heterocycles. The van der Waals surface area contributed by atoms with Gasteiger partial charge in [-0.25, -0.2) is 8.42 Å². The van der Waals surface area contributed by atoms with Crippen LogP contribution in [0.3, 0.4) is 0 Å². The average Bonchev–Trinajstić information content (AvgIpc) is 2.91. The number of benzene rings is 1. The SMILES string of the molecule is COCCN(C(=O)C(=O)Nc1cccc(Cl)c1C)C1CCS(=O)(=O)C1. The number of carbonyl (C=O) groups excluding carboxylic acids is 2. The Morgan fingerprint density at radius 3 is 2.72 bits per heavy atom. The van der Waals surface area contributed by atoms with Gasteiger partial charge in [-0.05, 0) is 31.0 Å². The maximum atomic E-state index is 12.6. The summed E-state index contributed by atoms with van der Waals surface area (Å²) in [6.07, 6.45) is 0.321. The van der Waals surface area contributed by atoms with Crippen LogP contribution in [0.4, 0.5) is 5.69 Å². The second kappa shape index (κ2) is 8.16. The van der Waals surface area contributed by atoms with E-state index in [1.807, 2.05) is 0 Å². The van der Waals surface area contributed by atoms with Gasteiger partial charge in [-0.15, -0.1) is 0 Å². The van der Waals surface area contributed by atoms with E-state index in [1.165, 1.54) is 12.0 Å². The Morgan fingerprint density at radius 2 is 2.12 bits per heavy atom. The molecule has 2 rings (SSSR count). The van der Waals surface area contributed by atoms with Crippen LogP contribution < -0.4 is 5.32 Å². The van der Waals surface area contributed by atoms with Crippen LogP contribution in [0, 0.1) is 6.92 Å². The predicted octanol–water partition coefficient (Wildman–Crippen LogP) is 1.25. The van der Waals surface area contributed by atoms with Crippen LogP contribution in [-0.2, 0) is 24.2 Å². The summed E-state index contributed by atoms with van der Waals surface area (Å²) in [6.45, 7) is 2.10. The zero-order valence-corrected chi connectivity index (χ0v) is 15.7. The second-order valence-electron chi connectivity index (χ2n) is 5.91. The number of rotatable bonds is 5. The van der Waals surface area contributed by atoms with Crippen molar-refractivity contribution in [2.24, 2.45) is 0 Å². The summed E-state index contributed by atoms with van der Waals surface area (Å²) < 4.78 is 28.4. The topological polar surface area (TPSA) is 92.8 Å². The number of sulfone groups is 1. The molecular weight excluding hydrogens is 368 g/mol. The fraction of sp³-hybridized carbons (Fsp3) is 0.500. The highest BCUT2D eigenvalue weighted by atomic mass is 35.5. The van der Waals surface area contributed by atoms with E-state index >= 15 is 0 Å². The first-order valence-electron chi connectivity index (χ1n) is 7.81. The molecule has 0 bridgehead atoms. The van der Waals surface area contributed by atoms with Gasteiger partial charge in [0.1, 0.15) is 0 Å². The number of hydrogen-bond donors (Lipinski definition) is 1. The van der Waals surface area contributed by atoms with Gasteiger partial charge in [-0.2, -0.15) is 0 Å². The van der Waals surface area contributed by atoms with Gasteiger partial charge in [0.15, 0.2) is 9.84 Å². The number of nitrogens with one attached hydrogen (secondary N) is 1. The van der Waals surface area contributed by atoms with Crippen molar-refractivity contribution in [1.82, 2.24) is 4.90 Å². The van der Waals surface area contributed by atoms with Crippen molar-refractivity contribution in [3.05, 3.63) is 28.8 Å². The smallest absolute Gasteiger partial charge is 0.313 e. The lowest BCUT2D eigenvalue weighted by Gasteiger charge is -2.27. The first-order chi connectivity index (χ1) is 11.7. The number of ether oxygens (including phenoxy) is 1. The first-order valence-corrected chi connectivity index (χ1v) is 10.0. The lowest BCUT2D eigenvalue weighted by atomic mass is 10.2. The van der Waals surface area contributed by atoms with Gasteiger partial charge in [0.2, 0.25) is 0 Å². The molecule has 7 nitrogen and oxygen atoms in total. The molecule has 138 valence electrons. The molecule has 1 aromatic rings. The molecule has 2 amide bonds. The zero-order chi connectivity index (χ0) is 18.6. The monoisotopic (exact) mass is 388 g/mol. The van der Waals surface area contributed by atoms with E-state index in [0.717, 1.165) is 0 Å². The van der Waals surface area contributed by atoms with Crippen LogP contribution in [0.5, 0.6) is 0 Å². The van der Waals surface area contributed by atoms with Gasteiger partial charge < -0.3 is 15.0 Å². The van der Waals surface area contributed by atoms with E-state index in [1.54, 1.807) is 25.1 Å². The number of halogens is 1. The van der Waals surface area contributed by atoms with Crippen molar-refractivity contribution < 1.29 is 22.7 Å². The molecule has 1 aliphatic heterocycles. The van der Waals surface area contributed by atoms with Crippen LogP contribution >= 0.6 is 11.6 Å². The summed E-state index contributed by atoms with van der Waals surface area (Å²) in [4.78, 5) is 26.2. The molecule has 0 saturated carbocycles. The fourth-order valence-electron chi connectivity index (χ4n) is 2.71. The highest BCUT2D eigenvalue weighted by Crippen LogP contribution is 2.23. The third kappa shape index (κ3) is 4.93. The van der Waals surface area contributed by atoms with Gasteiger partial charge in [0, 0.05) is 30.4 Å². The number of methoxy groups -OCH3 is 1. The van der Waals surface area contributed by atoms with Crippen molar-refractivity contribution in [3.63, 3.8) is 0 Å². The molecule has 1 aromatic carbocycles. The summed E-state index contributed by atoms with van der Waals surface area (Å²) in [7, 11) is -1.70. The van der Waals surface area contributed by atoms with E-state index < -0.39 is 27.7 Å². The van der Waals surface area contributed by atoms with Crippen LogP contribution in [-0.4, -0.2) is 62.9 Å². The zero-order valence-electron chi connectivity index (χ0n) is 14.1. The van der Waals surface area contributed by atoms with E-state index in [2.05, 4.69) is 5.32 Å². The summed E-state index contributed by atoms with van der Waals surface area (Å²) in [5.41, 5.74) is 1.09. The molecule has 9 heteroatoms. The number of anilines is 1. The maximum absolute atomic E-state index is 12.6. The molecular formula is C16H21ClN2O5S. The molecule has 0 spiro atoms. The predicted molar refractivity (Wildman–Crippen MR) is 95.5 cm³/mol. The third-order valence-corrected chi connectivity index (χ3v) is 6.32. The summed E-state index contributed by atoms with van der Waals surface area (Å²) in [6, 6.07) is 4.48. The largest absolute Gasteiger partial charge is 0.383 e. The lowest BCUT2D eigenvalue weighted by molar-refractivity contribution is -0.144. The highest BCUT2D eigenvalue weighted by molar-refractivity contribution is 7.91. The molecule has 1 saturated heterocycles. The molecule has 0 aliphatic carbocycles. The number of carbonyl (C=O) groups is 2. The molecule has 25 heavy (non-hydrogen) atoms. The Morgan fingerprint density at radius 1 is 1.40 bits per heavy atom. The van der Waals surface area contributed by atoms with Crippen LogP contribution in [0.15, 0.2) is 18.2 Å². The Labute approximate surface area is 152 Å². The lowest BCUT2D eigenvalue weighted by Crippen LogP contribution is -2.48. The standard InChI is InChI=1S/C16H21ClN2O5S/c1-11-13(17)4-3-5-14(11)18-15(20)16(21)19(7-8-24-2)12-6-9-25(22,23)10-12/h3-5,12H,6-10H2,1-2H3,(H,18,20). The molecule has 1 aliphatic rings. The Kier molecular flexibility index (Phi) is 6.42. The maximum Gasteiger partial charge on any atom is 0.313 e. The minimum Gasteiger partial charge on any atom is -0.383 e. The Hall–Kier alpha value is -1.64. The first kappa shape index (κ1) is 19.7. The van der Waals surface area contributed by atoms with Crippen molar-refractivity contribution >= 4 is 38.9 Å². The van der Waals surface area contributed by atoms with Gasteiger partial charge in [0.05, 0.1) is 18.1 Å². The number of amides is 2. The van der Waals surface area contributed by atoms with Crippen molar-refractivity contribution in [2.75, 3.05) is 37.1 Å². The quantitative estimate of drug-likeness (QED) is 0.766. The van der Waals surface area contributed by atoms with E-state index in [-0.39, 0.29) is 24.7 Å². The summed E-state index contributed by atoms with van der Waals surface area (Å²) in [5, 5.41) is 3.02. The Balaban J connectivity index is 2.15. The number of hydrogen-bond acceptors (Lipinski definition) is 5. The summed E-state index contributed by atoms with van der Waals surface area (Å²) >= 11 is 6.01. The molecule has 0 radical (unpaired) electrons. The van der Waals surface area contributed by atoms with Crippen LogP contribution in [0.2, 0.25) is 5.02 Å². The second-order valence-corrected chi connectivity index (χ2v) is 8.55. The minimum absolute atomic E-state index is 0.0173. The number of nitrogens with zero attached hydrogens (tertiary/aromatic N) is 1. The van der Waals surface area contributed by atoms with Gasteiger partial charge >= 0.3 is 11.8 Å². The Bertz CT molecular complexity index is 766.